The summed E-state index contributed by atoms with van der Waals surface area (Å²) in [5, 5.41) is 0. The summed E-state index contributed by atoms with van der Waals surface area (Å²) in [4.78, 5) is 6.78. The van der Waals surface area contributed by atoms with E-state index in [0.717, 1.165) is 29.1 Å². The Morgan fingerprint density at radius 1 is 1.62 bits per heavy atom. The molecule has 0 bridgehead atoms. The highest BCUT2D eigenvalue weighted by Crippen LogP contribution is 2.22. The molecule has 1 atom stereocenters. The van der Waals surface area contributed by atoms with Gasteiger partial charge in [0.2, 0.25) is 0 Å². The number of alkyl halides is 1. The normalized spacial score (nSPS) is 21.2. The summed E-state index contributed by atoms with van der Waals surface area (Å²) in [6.07, 6.45) is 0. The minimum absolute atomic E-state index is 0.225. The van der Waals surface area contributed by atoms with Gasteiger partial charge in [0.25, 0.3) is 0 Å². The van der Waals surface area contributed by atoms with Crippen molar-refractivity contribution in [2.75, 3.05) is 30.5 Å². The Labute approximate surface area is 109 Å². The number of anilines is 1. The maximum Gasteiger partial charge on any atom is 0.129 e. The Morgan fingerprint density at radius 2 is 2.44 bits per heavy atom. The molecule has 88 valence electrons. The number of aromatic nitrogens is 1. The summed E-state index contributed by atoms with van der Waals surface area (Å²) in [6, 6.07) is 4.27. The predicted octanol–water partition coefficient (Wildman–Crippen LogP) is 2.60. The summed E-state index contributed by atoms with van der Waals surface area (Å²) in [5.74, 6) is 1.55. The molecule has 0 spiro atoms. The van der Waals surface area contributed by atoms with Gasteiger partial charge in [0, 0.05) is 16.9 Å². The molecule has 0 aliphatic carbocycles. The number of hydrogen-bond acceptors (Lipinski definition) is 3. The Kier molecular flexibility index (Phi) is 4.05. The summed E-state index contributed by atoms with van der Waals surface area (Å²) in [5.41, 5.74) is 0.998. The average molecular weight is 306 g/mol. The van der Waals surface area contributed by atoms with Crippen molar-refractivity contribution in [1.82, 2.24) is 4.98 Å². The first kappa shape index (κ1) is 12.1. The van der Waals surface area contributed by atoms with E-state index < -0.39 is 0 Å². The van der Waals surface area contributed by atoms with E-state index in [1.54, 1.807) is 0 Å². The summed E-state index contributed by atoms with van der Waals surface area (Å²) < 4.78 is 6.45. The van der Waals surface area contributed by atoms with Crippen molar-refractivity contribution >= 4 is 33.3 Å². The first-order valence-corrected chi connectivity index (χ1v) is 6.58. The zero-order chi connectivity index (χ0) is 11.5. The van der Waals surface area contributed by atoms with Crippen LogP contribution in [0.25, 0.3) is 0 Å². The van der Waals surface area contributed by atoms with Gasteiger partial charge >= 0.3 is 0 Å². The van der Waals surface area contributed by atoms with Crippen molar-refractivity contribution < 1.29 is 4.74 Å². The second-order valence-electron chi connectivity index (χ2n) is 3.81. The van der Waals surface area contributed by atoms with Crippen LogP contribution in [0.15, 0.2) is 16.6 Å². The molecule has 1 fully saturated rings. The van der Waals surface area contributed by atoms with Gasteiger partial charge in [-0.15, -0.1) is 11.6 Å². The van der Waals surface area contributed by atoms with E-state index >= 15 is 0 Å². The van der Waals surface area contributed by atoms with Crippen molar-refractivity contribution in [3.05, 3.63) is 22.3 Å². The van der Waals surface area contributed by atoms with Gasteiger partial charge in [0.05, 0.1) is 24.9 Å². The number of aryl methyl sites for hydroxylation is 1. The van der Waals surface area contributed by atoms with Crippen LogP contribution in [0.4, 0.5) is 5.82 Å². The Bertz CT molecular complexity index is 375. The van der Waals surface area contributed by atoms with Crippen LogP contribution in [-0.2, 0) is 4.74 Å². The zero-order valence-corrected chi connectivity index (χ0v) is 11.5. The number of rotatable bonds is 2. The molecule has 3 nitrogen and oxygen atoms in total. The van der Waals surface area contributed by atoms with Crippen molar-refractivity contribution in [2.24, 2.45) is 0 Å². The third-order valence-corrected chi connectivity index (χ3v) is 3.90. The molecule has 1 unspecified atom stereocenters. The highest BCUT2D eigenvalue weighted by molar-refractivity contribution is 9.10. The van der Waals surface area contributed by atoms with Gasteiger partial charge in [-0.25, -0.2) is 4.98 Å². The number of morpholine rings is 1. The van der Waals surface area contributed by atoms with E-state index in [4.69, 9.17) is 16.3 Å². The van der Waals surface area contributed by atoms with E-state index in [1.807, 2.05) is 19.1 Å². The fourth-order valence-corrected chi connectivity index (χ4v) is 2.25. The number of ether oxygens (including phenoxy) is 1. The van der Waals surface area contributed by atoms with Crippen molar-refractivity contribution in [3.8, 4) is 0 Å². The lowest BCUT2D eigenvalue weighted by molar-refractivity contribution is 0.0994. The van der Waals surface area contributed by atoms with Crippen LogP contribution in [0.3, 0.4) is 0 Å². The van der Waals surface area contributed by atoms with Crippen molar-refractivity contribution in [3.63, 3.8) is 0 Å². The molecule has 1 aliphatic heterocycles. The quantitative estimate of drug-likeness (QED) is 0.785. The molecular formula is C11H14BrClN2O. The van der Waals surface area contributed by atoms with Crippen LogP contribution in [-0.4, -0.2) is 36.7 Å². The van der Waals surface area contributed by atoms with E-state index in [-0.39, 0.29) is 6.04 Å². The van der Waals surface area contributed by atoms with Gasteiger partial charge in [0.15, 0.2) is 0 Å². The molecule has 0 amide bonds. The summed E-state index contributed by atoms with van der Waals surface area (Å²) in [7, 11) is 0. The van der Waals surface area contributed by atoms with E-state index in [9.17, 15) is 0 Å². The highest BCUT2D eigenvalue weighted by Gasteiger charge is 2.23. The van der Waals surface area contributed by atoms with Gasteiger partial charge in [-0.1, -0.05) is 0 Å². The Hall–Kier alpha value is -0.320. The van der Waals surface area contributed by atoms with Crippen molar-refractivity contribution in [1.29, 1.82) is 0 Å². The molecule has 1 aliphatic rings. The van der Waals surface area contributed by atoms with Crippen LogP contribution in [0.2, 0.25) is 0 Å². The molecule has 0 aromatic carbocycles. The second kappa shape index (κ2) is 5.34. The van der Waals surface area contributed by atoms with Gasteiger partial charge < -0.3 is 9.64 Å². The van der Waals surface area contributed by atoms with Crippen LogP contribution < -0.4 is 4.90 Å². The Morgan fingerprint density at radius 3 is 3.12 bits per heavy atom. The second-order valence-corrected chi connectivity index (χ2v) is 4.98. The SMILES string of the molecule is Cc1nc(N2CCOCC2CCl)ccc1Br. The zero-order valence-electron chi connectivity index (χ0n) is 9.12. The van der Waals surface area contributed by atoms with Crippen molar-refractivity contribution in [2.45, 2.75) is 13.0 Å². The third kappa shape index (κ3) is 2.50. The summed E-state index contributed by atoms with van der Waals surface area (Å²) in [6.45, 7) is 4.26. The minimum Gasteiger partial charge on any atom is -0.377 e. The van der Waals surface area contributed by atoms with E-state index in [0.29, 0.717) is 12.5 Å². The topological polar surface area (TPSA) is 25.4 Å². The molecule has 1 aromatic heterocycles. The highest BCUT2D eigenvalue weighted by atomic mass is 79.9. The average Bonchev–Trinajstić information content (AvgIpc) is 2.32. The molecule has 2 heterocycles. The number of hydrogen-bond donors (Lipinski definition) is 0. The number of pyridine rings is 1. The maximum atomic E-state index is 5.94. The predicted molar refractivity (Wildman–Crippen MR) is 69.3 cm³/mol. The summed E-state index contributed by atoms with van der Waals surface area (Å²) >= 11 is 9.39. The molecule has 0 N–H and O–H groups in total. The number of nitrogens with zero attached hydrogens (tertiary/aromatic N) is 2. The third-order valence-electron chi connectivity index (χ3n) is 2.71. The first-order chi connectivity index (χ1) is 7.72. The van der Waals surface area contributed by atoms with Gasteiger partial charge in [-0.05, 0) is 35.0 Å². The maximum absolute atomic E-state index is 5.94. The van der Waals surface area contributed by atoms with Gasteiger partial charge in [0.1, 0.15) is 5.82 Å². The van der Waals surface area contributed by atoms with Crippen LogP contribution in [0.5, 0.6) is 0 Å². The fraction of sp³-hybridized carbons (Fsp3) is 0.545. The van der Waals surface area contributed by atoms with Crippen LogP contribution in [0, 0.1) is 6.92 Å². The molecule has 1 aromatic rings. The largest absolute Gasteiger partial charge is 0.377 e. The van der Waals surface area contributed by atoms with Gasteiger partial charge in [-0.2, -0.15) is 0 Å². The first-order valence-electron chi connectivity index (χ1n) is 5.26. The van der Waals surface area contributed by atoms with Crippen LogP contribution >= 0.6 is 27.5 Å². The van der Waals surface area contributed by atoms with Gasteiger partial charge in [-0.3, -0.25) is 0 Å². The lowest BCUT2D eigenvalue weighted by atomic mass is 10.2. The smallest absolute Gasteiger partial charge is 0.129 e. The lowest BCUT2D eigenvalue weighted by Gasteiger charge is -2.35. The Balaban J connectivity index is 2.23. The van der Waals surface area contributed by atoms with Crippen LogP contribution in [0.1, 0.15) is 5.69 Å². The molecular weight excluding hydrogens is 291 g/mol. The molecule has 0 saturated carbocycles. The fourth-order valence-electron chi connectivity index (χ4n) is 1.78. The molecule has 2 rings (SSSR count). The monoisotopic (exact) mass is 304 g/mol. The molecule has 5 heteroatoms. The minimum atomic E-state index is 0.225. The lowest BCUT2D eigenvalue weighted by Crippen LogP contribution is -2.47. The number of halogens is 2. The molecule has 16 heavy (non-hydrogen) atoms. The van der Waals surface area contributed by atoms with E-state index in [1.165, 1.54) is 0 Å². The molecule has 1 saturated heterocycles. The van der Waals surface area contributed by atoms with E-state index in [2.05, 4.69) is 25.8 Å². The molecule has 0 radical (unpaired) electrons. The standard InChI is InChI=1S/C11H14BrClN2O/c1-8-10(12)2-3-11(14-8)15-4-5-16-7-9(15)6-13/h2-3,9H,4-7H2,1H3.